The Hall–Kier alpha value is -2.36. The number of carbonyl (C=O) groups excluding carboxylic acids is 1. The van der Waals surface area contributed by atoms with Crippen LogP contribution in [0.2, 0.25) is 0 Å². The molecule has 0 unspecified atom stereocenters. The Labute approximate surface area is 147 Å². The van der Waals surface area contributed by atoms with Crippen LogP contribution in [0.1, 0.15) is 58.8 Å². The lowest BCUT2D eigenvalue weighted by Crippen LogP contribution is -2.36. The van der Waals surface area contributed by atoms with E-state index < -0.39 is 0 Å². The zero-order valence-electron chi connectivity index (χ0n) is 14.5. The third-order valence-corrected chi connectivity index (χ3v) is 5.60. The molecule has 1 aromatic heterocycles. The van der Waals surface area contributed by atoms with Crippen molar-refractivity contribution < 1.29 is 4.79 Å². The van der Waals surface area contributed by atoms with Gasteiger partial charge in [0, 0.05) is 18.8 Å². The first-order chi connectivity index (χ1) is 12.2. The molecule has 1 aromatic carbocycles. The summed E-state index contributed by atoms with van der Waals surface area (Å²) in [5.74, 6) is 0.391. The number of fused-ring (bicyclic) bond motifs is 1. The van der Waals surface area contributed by atoms with E-state index in [1.54, 1.807) is 0 Å². The molecule has 130 valence electrons. The largest absolute Gasteiger partial charge is 0.338 e. The topological polar surface area (TPSA) is 53.2 Å². The number of H-pyrrole nitrogens is 1. The van der Waals surface area contributed by atoms with Gasteiger partial charge in [0.2, 0.25) is 0 Å². The van der Waals surface area contributed by atoms with Gasteiger partial charge in [0.1, 0.15) is 5.56 Å². The third-order valence-electron chi connectivity index (χ3n) is 5.60. The summed E-state index contributed by atoms with van der Waals surface area (Å²) < 4.78 is 0. The van der Waals surface area contributed by atoms with Gasteiger partial charge >= 0.3 is 0 Å². The van der Waals surface area contributed by atoms with Crippen LogP contribution in [0, 0.1) is 0 Å². The number of carbonyl (C=O) groups is 1. The highest BCUT2D eigenvalue weighted by Gasteiger charge is 2.25. The van der Waals surface area contributed by atoms with Gasteiger partial charge in [0.15, 0.2) is 0 Å². The van der Waals surface area contributed by atoms with Gasteiger partial charge in [0.05, 0.1) is 0 Å². The van der Waals surface area contributed by atoms with Gasteiger partial charge in [-0.1, -0.05) is 30.3 Å². The standard InChI is InChI=1S/C21H24N2O2/c24-20-18(14-17-8-4-10-19(17)22-20)21(25)23-12-5-9-16(11-13-23)15-6-2-1-3-7-15/h1-3,6-7,14,16H,4-5,8-13H2,(H,22,24)/t16-/m0/s1. The lowest BCUT2D eigenvalue weighted by atomic mass is 9.92. The fraction of sp³-hybridized carbons (Fsp3) is 0.429. The van der Waals surface area contributed by atoms with E-state index in [-0.39, 0.29) is 11.5 Å². The predicted octanol–water partition coefficient (Wildman–Crippen LogP) is 3.27. The number of nitrogens with one attached hydrogen (secondary N) is 1. The van der Waals surface area contributed by atoms with Gasteiger partial charge in [-0.25, -0.2) is 0 Å². The van der Waals surface area contributed by atoms with Crippen molar-refractivity contribution in [2.75, 3.05) is 13.1 Å². The molecule has 2 aromatic rings. The van der Waals surface area contributed by atoms with Crippen LogP contribution in [-0.4, -0.2) is 28.9 Å². The monoisotopic (exact) mass is 336 g/mol. The maximum Gasteiger partial charge on any atom is 0.261 e. The molecule has 0 bridgehead atoms. The van der Waals surface area contributed by atoms with Crippen molar-refractivity contribution in [2.45, 2.75) is 44.4 Å². The SMILES string of the molecule is O=C(c1cc2c([nH]c1=O)CCC2)N1CCC[C@H](c2ccccc2)CC1. The second-order valence-corrected chi connectivity index (χ2v) is 7.20. The molecular weight excluding hydrogens is 312 g/mol. The van der Waals surface area contributed by atoms with Gasteiger partial charge < -0.3 is 9.88 Å². The Morgan fingerprint density at radius 2 is 1.88 bits per heavy atom. The maximum absolute atomic E-state index is 12.9. The summed E-state index contributed by atoms with van der Waals surface area (Å²) in [4.78, 5) is 30.0. The van der Waals surface area contributed by atoms with E-state index >= 15 is 0 Å². The lowest BCUT2D eigenvalue weighted by molar-refractivity contribution is 0.0759. The summed E-state index contributed by atoms with van der Waals surface area (Å²) in [6.45, 7) is 1.45. The second-order valence-electron chi connectivity index (χ2n) is 7.20. The number of rotatable bonds is 2. The minimum Gasteiger partial charge on any atom is -0.338 e. The van der Waals surface area contributed by atoms with Crippen molar-refractivity contribution in [1.82, 2.24) is 9.88 Å². The fourth-order valence-corrected chi connectivity index (χ4v) is 4.20. The van der Waals surface area contributed by atoms with Gasteiger partial charge in [-0.05, 0) is 61.6 Å². The van der Waals surface area contributed by atoms with Crippen molar-refractivity contribution in [2.24, 2.45) is 0 Å². The van der Waals surface area contributed by atoms with E-state index in [4.69, 9.17) is 0 Å². The highest BCUT2D eigenvalue weighted by Crippen LogP contribution is 2.28. The molecule has 1 atom stereocenters. The van der Waals surface area contributed by atoms with Crippen LogP contribution in [0.15, 0.2) is 41.2 Å². The molecule has 25 heavy (non-hydrogen) atoms. The van der Waals surface area contributed by atoms with Gasteiger partial charge in [-0.2, -0.15) is 0 Å². The highest BCUT2D eigenvalue weighted by molar-refractivity contribution is 5.94. The number of likely N-dealkylation sites (tertiary alicyclic amines) is 1. The van der Waals surface area contributed by atoms with Crippen molar-refractivity contribution in [3.8, 4) is 0 Å². The Balaban J connectivity index is 1.51. The Kier molecular flexibility index (Phi) is 4.43. The van der Waals surface area contributed by atoms with Gasteiger partial charge in [-0.15, -0.1) is 0 Å². The number of aromatic amines is 1. The molecule has 0 saturated carbocycles. The number of pyridine rings is 1. The van der Waals surface area contributed by atoms with Crippen LogP contribution in [-0.2, 0) is 12.8 Å². The highest BCUT2D eigenvalue weighted by atomic mass is 16.2. The zero-order chi connectivity index (χ0) is 17.2. The Morgan fingerprint density at radius 1 is 1.04 bits per heavy atom. The van der Waals surface area contributed by atoms with Crippen molar-refractivity contribution >= 4 is 5.91 Å². The molecule has 1 fully saturated rings. The van der Waals surface area contributed by atoms with E-state index in [0.717, 1.165) is 62.9 Å². The van der Waals surface area contributed by atoms with E-state index in [1.165, 1.54) is 5.56 Å². The van der Waals surface area contributed by atoms with Crippen molar-refractivity contribution in [3.05, 3.63) is 69.1 Å². The lowest BCUT2D eigenvalue weighted by Gasteiger charge is -2.21. The first kappa shape index (κ1) is 16.1. The Bertz CT molecular complexity index is 826. The third kappa shape index (κ3) is 3.26. The van der Waals surface area contributed by atoms with Crippen LogP contribution in [0.5, 0.6) is 0 Å². The molecule has 0 spiro atoms. The number of aryl methyl sites for hydroxylation is 2. The van der Waals surface area contributed by atoms with E-state index in [9.17, 15) is 9.59 Å². The molecule has 0 radical (unpaired) electrons. The quantitative estimate of drug-likeness (QED) is 0.915. The molecule has 2 heterocycles. The van der Waals surface area contributed by atoms with E-state index in [1.807, 2.05) is 17.0 Å². The number of aromatic nitrogens is 1. The number of hydrogen-bond donors (Lipinski definition) is 1. The molecule has 4 rings (SSSR count). The maximum atomic E-state index is 12.9. The minimum absolute atomic E-state index is 0.107. The zero-order valence-corrected chi connectivity index (χ0v) is 14.5. The molecule has 1 saturated heterocycles. The van der Waals surface area contributed by atoms with Gasteiger partial charge in [-0.3, -0.25) is 9.59 Å². The summed E-state index contributed by atoms with van der Waals surface area (Å²) in [5, 5.41) is 0. The number of amides is 1. The summed E-state index contributed by atoms with van der Waals surface area (Å²) in [6.07, 6.45) is 5.97. The van der Waals surface area contributed by atoms with Crippen LogP contribution in [0.3, 0.4) is 0 Å². The summed E-state index contributed by atoms with van der Waals surface area (Å²) in [6, 6.07) is 12.4. The molecule has 1 aliphatic carbocycles. The van der Waals surface area contributed by atoms with Crippen LogP contribution in [0.4, 0.5) is 0 Å². The number of benzene rings is 1. The molecule has 4 nitrogen and oxygen atoms in total. The summed E-state index contributed by atoms with van der Waals surface area (Å²) >= 11 is 0. The first-order valence-corrected chi connectivity index (χ1v) is 9.31. The average Bonchev–Trinajstić information content (AvgIpc) is 2.94. The molecular formula is C21H24N2O2. The fourth-order valence-electron chi connectivity index (χ4n) is 4.20. The first-order valence-electron chi connectivity index (χ1n) is 9.31. The normalized spacial score (nSPS) is 20.2. The molecule has 1 amide bonds. The number of nitrogens with zero attached hydrogens (tertiary/aromatic N) is 1. The second kappa shape index (κ2) is 6.87. The predicted molar refractivity (Wildman–Crippen MR) is 98.0 cm³/mol. The molecule has 2 aliphatic rings. The van der Waals surface area contributed by atoms with E-state index in [2.05, 4.69) is 29.2 Å². The summed E-state index contributed by atoms with van der Waals surface area (Å²) in [5.41, 5.74) is 3.60. The Morgan fingerprint density at radius 3 is 2.72 bits per heavy atom. The summed E-state index contributed by atoms with van der Waals surface area (Å²) in [7, 11) is 0. The van der Waals surface area contributed by atoms with Crippen LogP contribution >= 0.6 is 0 Å². The number of hydrogen-bond acceptors (Lipinski definition) is 2. The van der Waals surface area contributed by atoms with E-state index in [0.29, 0.717) is 11.5 Å². The molecule has 4 heteroatoms. The average molecular weight is 336 g/mol. The van der Waals surface area contributed by atoms with Gasteiger partial charge in [0.25, 0.3) is 11.5 Å². The smallest absolute Gasteiger partial charge is 0.261 e. The van der Waals surface area contributed by atoms with Crippen molar-refractivity contribution in [1.29, 1.82) is 0 Å². The van der Waals surface area contributed by atoms with Crippen LogP contribution in [0.25, 0.3) is 0 Å². The molecule has 1 aliphatic heterocycles. The molecule has 1 N–H and O–H groups in total. The minimum atomic E-state index is -0.227. The van der Waals surface area contributed by atoms with Crippen molar-refractivity contribution in [3.63, 3.8) is 0 Å². The van der Waals surface area contributed by atoms with Crippen LogP contribution < -0.4 is 5.56 Å².